The first kappa shape index (κ1) is 71.1. The number of hydrogen-bond acceptors (Lipinski definition) is 5. The van der Waals surface area contributed by atoms with Crippen LogP contribution in [0.1, 0.15) is 354 Å². The Morgan fingerprint density at radius 3 is 1.08 bits per heavy atom. The van der Waals surface area contributed by atoms with E-state index in [0.717, 1.165) is 51.4 Å². The van der Waals surface area contributed by atoms with E-state index < -0.39 is 12.1 Å². The van der Waals surface area contributed by atoms with Crippen LogP contribution in [0.3, 0.4) is 0 Å². The van der Waals surface area contributed by atoms with Gasteiger partial charge in [0.25, 0.3) is 0 Å². The summed E-state index contributed by atoms with van der Waals surface area (Å²) in [6, 6.07) is -0.550. The smallest absolute Gasteiger partial charge is 0.305 e. The normalized spacial score (nSPS) is 12.8. The fourth-order valence-corrected chi connectivity index (χ4v) is 10.1. The van der Waals surface area contributed by atoms with Gasteiger partial charge < -0.3 is 20.3 Å². The molecule has 0 heterocycles. The highest BCUT2D eigenvalue weighted by Gasteiger charge is 2.20. The lowest BCUT2D eigenvalue weighted by Crippen LogP contribution is -2.45. The maximum Gasteiger partial charge on any atom is 0.305 e. The number of esters is 1. The third kappa shape index (κ3) is 59.2. The van der Waals surface area contributed by atoms with Crippen LogP contribution in [-0.2, 0) is 14.3 Å². The number of unbranched alkanes of at least 4 members (excludes halogenated alkanes) is 44. The van der Waals surface area contributed by atoms with Crippen molar-refractivity contribution in [2.24, 2.45) is 0 Å². The zero-order valence-corrected chi connectivity index (χ0v) is 49.1. The van der Waals surface area contributed by atoms with Crippen molar-refractivity contribution in [3.8, 4) is 0 Å². The van der Waals surface area contributed by atoms with E-state index in [0.29, 0.717) is 25.9 Å². The molecule has 0 fully saturated rings. The molecule has 6 heteroatoms. The average Bonchev–Trinajstić information content (AvgIpc) is 3.39. The first-order chi connectivity index (χ1) is 36.0. The van der Waals surface area contributed by atoms with Gasteiger partial charge in [0.2, 0.25) is 5.91 Å². The van der Waals surface area contributed by atoms with Crippen molar-refractivity contribution in [1.82, 2.24) is 5.32 Å². The minimum atomic E-state index is -0.672. The summed E-state index contributed by atoms with van der Waals surface area (Å²) in [6.45, 7) is 4.94. The van der Waals surface area contributed by atoms with E-state index >= 15 is 0 Å². The van der Waals surface area contributed by atoms with E-state index in [1.165, 1.54) is 270 Å². The summed E-state index contributed by atoms with van der Waals surface area (Å²) in [5, 5.41) is 23.3. The Bertz CT molecular complexity index is 1180. The molecule has 0 aliphatic heterocycles. The Labute approximate surface area is 455 Å². The van der Waals surface area contributed by atoms with E-state index in [9.17, 15) is 19.8 Å². The SMILES string of the molecule is CCCCC/C=C\C/C=C\CCCCCCCCCCCC(=O)OCCCCCCCCCC/C=C\CCCCCCCCCC(=O)NC(CO)C(O)CCCCCCCCCCCCCCCCCCCC. The van der Waals surface area contributed by atoms with Crippen molar-refractivity contribution in [2.45, 2.75) is 366 Å². The van der Waals surface area contributed by atoms with Crippen LogP contribution in [0, 0.1) is 0 Å². The number of rotatable bonds is 61. The maximum atomic E-state index is 12.5. The summed E-state index contributed by atoms with van der Waals surface area (Å²) in [4.78, 5) is 24.6. The molecule has 73 heavy (non-hydrogen) atoms. The molecule has 0 saturated heterocycles. The van der Waals surface area contributed by atoms with Crippen LogP contribution in [0.15, 0.2) is 36.5 Å². The van der Waals surface area contributed by atoms with Crippen LogP contribution in [0.25, 0.3) is 0 Å². The molecule has 0 aliphatic carbocycles. The molecule has 0 rings (SSSR count). The van der Waals surface area contributed by atoms with Gasteiger partial charge in [-0.05, 0) is 83.5 Å². The van der Waals surface area contributed by atoms with Crippen molar-refractivity contribution in [2.75, 3.05) is 13.2 Å². The van der Waals surface area contributed by atoms with Gasteiger partial charge >= 0.3 is 5.97 Å². The molecule has 0 spiro atoms. The van der Waals surface area contributed by atoms with E-state index in [1.807, 2.05) is 0 Å². The van der Waals surface area contributed by atoms with Gasteiger partial charge in [-0.1, -0.05) is 294 Å². The highest BCUT2D eigenvalue weighted by Crippen LogP contribution is 2.18. The largest absolute Gasteiger partial charge is 0.466 e. The quantitative estimate of drug-likeness (QED) is 0.0320. The molecule has 2 unspecified atom stereocenters. The second-order valence-electron chi connectivity index (χ2n) is 22.4. The van der Waals surface area contributed by atoms with E-state index in [1.54, 1.807) is 0 Å². The van der Waals surface area contributed by atoms with Gasteiger partial charge in [-0.2, -0.15) is 0 Å². The third-order valence-corrected chi connectivity index (χ3v) is 15.2. The van der Waals surface area contributed by atoms with Gasteiger partial charge in [-0.3, -0.25) is 9.59 Å². The fraction of sp³-hybridized carbons (Fsp3) is 0.881. The van der Waals surface area contributed by atoms with Crippen LogP contribution in [0.2, 0.25) is 0 Å². The van der Waals surface area contributed by atoms with Crippen molar-refractivity contribution in [3.05, 3.63) is 36.5 Å². The molecule has 1 amide bonds. The minimum absolute atomic E-state index is 0.000661. The van der Waals surface area contributed by atoms with Gasteiger partial charge in [-0.15, -0.1) is 0 Å². The molecule has 0 aromatic carbocycles. The lowest BCUT2D eigenvalue weighted by Gasteiger charge is -2.22. The van der Waals surface area contributed by atoms with Crippen LogP contribution in [0.4, 0.5) is 0 Å². The van der Waals surface area contributed by atoms with Crippen LogP contribution >= 0.6 is 0 Å². The molecule has 0 radical (unpaired) electrons. The number of aliphatic hydroxyl groups is 2. The standard InChI is InChI=1S/C67H127NO5/c1-3-5-7-9-11-13-15-17-19-21-24-29-33-37-41-45-49-53-57-61-67(72)73-62-58-54-50-46-42-38-34-30-26-23-25-28-32-36-40-44-48-52-56-60-66(71)68-64(63-69)65(70)59-55-51-47-43-39-35-31-27-22-20-18-16-14-12-10-8-6-4-2/h11,13,17,19,23,25,64-65,69-70H,3-10,12,14-16,18,20-22,24,26-63H2,1-2H3,(H,68,71)/b13-11-,19-17-,25-23-. The number of carbonyl (C=O) groups excluding carboxylic acids is 2. The zero-order chi connectivity index (χ0) is 52.9. The first-order valence-electron chi connectivity index (χ1n) is 32.7. The zero-order valence-electron chi connectivity index (χ0n) is 49.1. The Morgan fingerprint density at radius 1 is 0.384 bits per heavy atom. The lowest BCUT2D eigenvalue weighted by molar-refractivity contribution is -0.143. The maximum absolute atomic E-state index is 12.5. The van der Waals surface area contributed by atoms with Gasteiger partial charge in [-0.25, -0.2) is 0 Å². The molecular weight excluding hydrogens is 899 g/mol. The van der Waals surface area contributed by atoms with E-state index in [4.69, 9.17) is 4.74 Å². The summed E-state index contributed by atoms with van der Waals surface area (Å²) >= 11 is 0. The second kappa shape index (κ2) is 62.6. The number of ether oxygens (including phenoxy) is 1. The molecular formula is C67H127NO5. The molecule has 6 nitrogen and oxygen atoms in total. The fourth-order valence-electron chi connectivity index (χ4n) is 10.1. The topological polar surface area (TPSA) is 95.9 Å². The Kier molecular flexibility index (Phi) is 61.0. The number of amides is 1. The summed E-state index contributed by atoms with van der Waals surface area (Å²) in [7, 11) is 0. The van der Waals surface area contributed by atoms with Crippen molar-refractivity contribution in [3.63, 3.8) is 0 Å². The van der Waals surface area contributed by atoms with Crippen LogP contribution in [0.5, 0.6) is 0 Å². The monoisotopic (exact) mass is 1030 g/mol. The predicted molar refractivity (Wildman–Crippen MR) is 319 cm³/mol. The highest BCUT2D eigenvalue weighted by molar-refractivity contribution is 5.76. The van der Waals surface area contributed by atoms with Crippen LogP contribution < -0.4 is 5.32 Å². The molecule has 3 N–H and O–H groups in total. The number of hydrogen-bond donors (Lipinski definition) is 3. The van der Waals surface area contributed by atoms with E-state index in [2.05, 4.69) is 55.6 Å². The predicted octanol–water partition coefficient (Wildman–Crippen LogP) is 20.8. The number of carbonyl (C=O) groups is 2. The van der Waals surface area contributed by atoms with Crippen LogP contribution in [-0.4, -0.2) is 47.4 Å². The van der Waals surface area contributed by atoms with E-state index in [-0.39, 0.29) is 18.5 Å². The van der Waals surface area contributed by atoms with Gasteiger partial charge in [0, 0.05) is 12.8 Å². The third-order valence-electron chi connectivity index (χ3n) is 15.2. The second-order valence-corrected chi connectivity index (χ2v) is 22.4. The van der Waals surface area contributed by atoms with Crippen molar-refractivity contribution in [1.29, 1.82) is 0 Å². The average molecular weight is 1030 g/mol. The molecule has 0 aromatic heterocycles. The summed E-state index contributed by atoms with van der Waals surface area (Å²) in [5.74, 6) is -0.0415. The lowest BCUT2D eigenvalue weighted by atomic mass is 10.0. The minimum Gasteiger partial charge on any atom is -0.466 e. The Hall–Kier alpha value is -1.92. The van der Waals surface area contributed by atoms with Gasteiger partial charge in [0.05, 0.1) is 25.4 Å². The van der Waals surface area contributed by atoms with Gasteiger partial charge in [0.1, 0.15) is 0 Å². The molecule has 0 aromatic rings. The number of aliphatic hydroxyl groups excluding tert-OH is 2. The molecule has 2 atom stereocenters. The Morgan fingerprint density at radius 2 is 0.685 bits per heavy atom. The van der Waals surface area contributed by atoms with Crippen molar-refractivity contribution >= 4 is 11.9 Å². The molecule has 0 saturated carbocycles. The molecule has 0 aliphatic rings. The molecule has 0 bridgehead atoms. The molecule has 430 valence electrons. The Balaban J connectivity index is 3.43. The van der Waals surface area contributed by atoms with Crippen molar-refractivity contribution < 1.29 is 24.5 Å². The summed E-state index contributed by atoms with van der Waals surface area (Å²) < 4.78 is 5.49. The van der Waals surface area contributed by atoms with Gasteiger partial charge in [0.15, 0.2) is 0 Å². The number of allylic oxidation sites excluding steroid dienone is 6. The number of nitrogens with one attached hydrogen (secondary N) is 1. The summed E-state index contributed by atoms with van der Waals surface area (Å²) in [5.41, 5.74) is 0. The first-order valence-corrected chi connectivity index (χ1v) is 32.7. The highest BCUT2D eigenvalue weighted by atomic mass is 16.5. The summed E-state index contributed by atoms with van der Waals surface area (Å²) in [6.07, 6.45) is 78.7.